The average Bonchev–Trinajstić information content (AvgIpc) is 2.91. The molecule has 5 nitrogen and oxygen atoms in total. The van der Waals surface area contributed by atoms with Crippen LogP contribution in [0.1, 0.15) is 39.5 Å². The molecular formula is C15H28ClN3O2. The smallest absolute Gasteiger partial charge is 0.227 e. The van der Waals surface area contributed by atoms with Gasteiger partial charge in [-0.2, -0.15) is 0 Å². The van der Waals surface area contributed by atoms with E-state index >= 15 is 0 Å². The summed E-state index contributed by atoms with van der Waals surface area (Å²) in [6, 6.07) is 0.125. The molecule has 0 aromatic heterocycles. The van der Waals surface area contributed by atoms with Gasteiger partial charge in [0.2, 0.25) is 11.8 Å². The normalized spacial score (nSPS) is 27.2. The number of piperidine rings is 1. The van der Waals surface area contributed by atoms with Crippen LogP contribution in [0.3, 0.4) is 0 Å². The van der Waals surface area contributed by atoms with Gasteiger partial charge in [-0.3, -0.25) is 9.59 Å². The third-order valence-electron chi connectivity index (χ3n) is 4.65. The first-order chi connectivity index (χ1) is 9.52. The number of hydrogen-bond acceptors (Lipinski definition) is 3. The molecule has 6 heteroatoms. The second-order valence-electron chi connectivity index (χ2n) is 6.27. The van der Waals surface area contributed by atoms with Crippen LogP contribution in [0.2, 0.25) is 0 Å². The zero-order valence-corrected chi connectivity index (χ0v) is 13.9. The fraction of sp³-hybridized carbons (Fsp3) is 0.867. The van der Waals surface area contributed by atoms with E-state index in [4.69, 9.17) is 5.73 Å². The number of likely N-dealkylation sites (tertiary alicyclic amines) is 2. The van der Waals surface area contributed by atoms with E-state index in [2.05, 4.69) is 0 Å². The molecule has 2 saturated heterocycles. The van der Waals surface area contributed by atoms with E-state index in [0.29, 0.717) is 13.1 Å². The second kappa shape index (κ2) is 7.99. The van der Waals surface area contributed by atoms with Crippen LogP contribution in [0.4, 0.5) is 0 Å². The molecule has 2 amide bonds. The standard InChI is InChI=1S/C15H27N3O2.ClH/c1-3-11(2)14(19)17-7-4-5-12(9-17)15(20)18-8-6-13(16)10-18;/h11-13H,3-10,16H2,1-2H3;1H/t11?,12?,13-;/m1./s1. The molecular weight excluding hydrogens is 290 g/mol. The summed E-state index contributed by atoms with van der Waals surface area (Å²) in [6.07, 6.45) is 3.58. The summed E-state index contributed by atoms with van der Waals surface area (Å²) in [5.74, 6) is 0.425. The Morgan fingerprint density at radius 3 is 2.48 bits per heavy atom. The van der Waals surface area contributed by atoms with Gasteiger partial charge in [0.05, 0.1) is 5.92 Å². The van der Waals surface area contributed by atoms with Crippen molar-refractivity contribution >= 4 is 24.2 Å². The van der Waals surface area contributed by atoms with Crippen molar-refractivity contribution in [1.82, 2.24) is 9.80 Å². The lowest BCUT2D eigenvalue weighted by molar-refractivity contribution is -0.142. The topological polar surface area (TPSA) is 66.6 Å². The van der Waals surface area contributed by atoms with Crippen LogP contribution in [0.5, 0.6) is 0 Å². The van der Waals surface area contributed by atoms with Gasteiger partial charge in [0.1, 0.15) is 0 Å². The number of nitrogens with zero attached hydrogens (tertiary/aromatic N) is 2. The van der Waals surface area contributed by atoms with Crippen LogP contribution in [0, 0.1) is 11.8 Å². The number of nitrogens with two attached hydrogens (primary N) is 1. The highest BCUT2D eigenvalue weighted by molar-refractivity contribution is 5.85. The minimum Gasteiger partial charge on any atom is -0.342 e. The van der Waals surface area contributed by atoms with Crippen molar-refractivity contribution in [2.24, 2.45) is 17.6 Å². The zero-order chi connectivity index (χ0) is 14.7. The van der Waals surface area contributed by atoms with Gasteiger partial charge in [-0.05, 0) is 25.7 Å². The van der Waals surface area contributed by atoms with Crippen LogP contribution in [0.15, 0.2) is 0 Å². The van der Waals surface area contributed by atoms with E-state index in [9.17, 15) is 9.59 Å². The number of rotatable bonds is 3. The summed E-state index contributed by atoms with van der Waals surface area (Å²) in [4.78, 5) is 28.5. The molecule has 0 radical (unpaired) electrons. The molecule has 2 unspecified atom stereocenters. The van der Waals surface area contributed by atoms with E-state index in [1.807, 2.05) is 23.6 Å². The SMILES string of the molecule is CCC(C)C(=O)N1CCCC(C(=O)N2CC[C@@H](N)C2)C1.Cl. The minimum absolute atomic E-state index is 0. The van der Waals surface area contributed by atoms with Gasteiger partial charge in [0, 0.05) is 38.1 Å². The zero-order valence-electron chi connectivity index (χ0n) is 13.1. The van der Waals surface area contributed by atoms with Crippen molar-refractivity contribution in [3.8, 4) is 0 Å². The summed E-state index contributed by atoms with van der Waals surface area (Å²) in [6.45, 7) is 6.83. The highest BCUT2D eigenvalue weighted by Gasteiger charge is 2.34. The quantitative estimate of drug-likeness (QED) is 0.852. The summed E-state index contributed by atoms with van der Waals surface area (Å²) in [5, 5.41) is 0. The minimum atomic E-state index is -0.0259. The van der Waals surface area contributed by atoms with Crippen LogP contribution in [-0.4, -0.2) is 53.8 Å². The molecule has 122 valence electrons. The Morgan fingerprint density at radius 2 is 1.90 bits per heavy atom. The Balaban J connectivity index is 0.00000220. The van der Waals surface area contributed by atoms with E-state index in [1.165, 1.54) is 0 Å². The fourth-order valence-corrected chi connectivity index (χ4v) is 3.11. The molecule has 0 aliphatic carbocycles. The number of carbonyl (C=O) groups is 2. The van der Waals surface area contributed by atoms with Gasteiger partial charge in [-0.15, -0.1) is 12.4 Å². The van der Waals surface area contributed by atoms with Gasteiger partial charge in [0.15, 0.2) is 0 Å². The Morgan fingerprint density at radius 1 is 1.19 bits per heavy atom. The molecule has 3 atom stereocenters. The number of carbonyl (C=O) groups excluding carboxylic acids is 2. The monoisotopic (exact) mass is 317 g/mol. The Hall–Kier alpha value is -0.810. The summed E-state index contributed by atoms with van der Waals surface area (Å²) < 4.78 is 0. The lowest BCUT2D eigenvalue weighted by atomic mass is 9.95. The number of amides is 2. The molecule has 2 aliphatic heterocycles. The molecule has 2 rings (SSSR count). The highest BCUT2D eigenvalue weighted by atomic mass is 35.5. The van der Waals surface area contributed by atoms with Gasteiger partial charge in [-0.1, -0.05) is 13.8 Å². The first kappa shape index (κ1) is 18.2. The summed E-state index contributed by atoms with van der Waals surface area (Å²) in [5.41, 5.74) is 5.87. The Labute approximate surface area is 133 Å². The maximum absolute atomic E-state index is 12.5. The fourth-order valence-electron chi connectivity index (χ4n) is 3.11. The van der Waals surface area contributed by atoms with E-state index in [-0.39, 0.29) is 42.1 Å². The maximum Gasteiger partial charge on any atom is 0.227 e. The first-order valence-electron chi connectivity index (χ1n) is 7.86. The van der Waals surface area contributed by atoms with Crippen LogP contribution >= 0.6 is 12.4 Å². The molecule has 0 aromatic carbocycles. The van der Waals surface area contributed by atoms with Gasteiger partial charge < -0.3 is 15.5 Å². The van der Waals surface area contributed by atoms with Crippen molar-refractivity contribution < 1.29 is 9.59 Å². The average molecular weight is 318 g/mol. The Bertz CT molecular complexity index is 378. The van der Waals surface area contributed by atoms with Crippen LogP contribution in [0.25, 0.3) is 0 Å². The van der Waals surface area contributed by atoms with Crippen LogP contribution in [-0.2, 0) is 9.59 Å². The predicted octanol–water partition coefficient (Wildman–Crippen LogP) is 1.25. The maximum atomic E-state index is 12.5. The van der Waals surface area contributed by atoms with Gasteiger partial charge in [0.25, 0.3) is 0 Å². The largest absolute Gasteiger partial charge is 0.342 e. The molecule has 2 heterocycles. The summed E-state index contributed by atoms with van der Waals surface area (Å²) in [7, 11) is 0. The van der Waals surface area contributed by atoms with Crippen LogP contribution < -0.4 is 5.73 Å². The van der Waals surface area contributed by atoms with Crippen molar-refractivity contribution in [2.75, 3.05) is 26.2 Å². The third-order valence-corrected chi connectivity index (χ3v) is 4.65. The Kier molecular flexibility index (Phi) is 6.94. The van der Waals surface area contributed by atoms with Crippen molar-refractivity contribution in [2.45, 2.75) is 45.6 Å². The molecule has 2 fully saturated rings. The van der Waals surface area contributed by atoms with Gasteiger partial charge in [-0.25, -0.2) is 0 Å². The number of halogens is 1. The molecule has 21 heavy (non-hydrogen) atoms. The third kappa shape index (κ3) is 4.33. The van der Waals surface area contributed by atoms with Crippen molar-refractivity contribution in [3.05, 3.63) is 0 Å². The molecule has 0 aromatic rings. The first-order valence-corrected chi connectivity index (χ1v) is 7.86. The van der Waals surface area contributed by atoms with Crippen molar-refractivity contribution in [3.63, 3.8) is 0 Å². The van der Waals surface area contributed by atoms with E-state index in [0.717, 1.165) is 38.8 Å². The van der Waals surface area contributed by atoms with Crippen molar-refractivity contribution in [1.29, 1.82) is 0 Å². The molecule has 2 N–H and O–H groups in total. The van der Waals surface area contributed by atoms with Gasteiger partial charge >= 0.3 is 0 Å². The second-order valence-corrected chi connectivity index (χ2v) is 6.27. The molecule has 0 spiro atoms. The molecule has 0 saturated carbocycles. The lowest BCUT2D eigenvalue weighted by Crippen LogP contribution is -2.47. The lowest BCUT2D eigenvalue weighted by Gasteiger charge is -2.35. The highest BCUT2D eigenvalue weighted by Crippen LogP contribution is 2.22. The summed E-state index contributed by atoms with van der Waals surface area (Å²) >= 11 is 0. The molecule has 0 bridgehead atoms. The molecule has 2 aliphatic rings. The number of hydrogen-bond donors (Lipinski definition) is 1. The van der Waals surface area contributed by atoms with E-state index < -0.39 is 0 Å². The predicted molar refractivity (Wildman–Crippen MR) is 85.2 cm³/mol. The van der Waals surface area contributed by atoms with E-state index in [1.54, 1.807) is 0 Å².